The number of nitrogen functional groups attached to an aromatic ring is 1. The zero-order valence-electron chi connectivity index (χ0n) is 9.25. The lowest BCUT2D eigenvalue weighted by atomic mass is 10.1. The number of nitrogens with zero attached hydrogens (tertiary/aromatic N) is 1. The average Bonchev–Trinajstić information content (AvgIpc) is 2.34. The second kappa shape index (κ2) is 4.47. The van der Waals surface area contributed by atoms with E-state index >= 15 is 0 Å². The van der Waals surface area contributed by atoms with E-state index in [1.807, 2.05) is 0 Å². The van der Waals surface area contributed by atoms with Gasteiger partial charge in [0.1, 0.15) is 17.0 Å². The molecule has 0 amide bonds. The highest BCUT2D eigenvalue weighted by atomic mass is 35.5. The van der Waals surface area contributed by atoms with E-state index in [1.54, 1.807) is 6.07 Å². The second-order valence-electron chi connectivity index (χ2n) is 3.35. The van der Waals surface area contributed by atoms with E-state index in [2.05, 4.69) is 4.98 Å². The fraction of sp³-hybridized carbons (Fsp3) is 0.182. The fourth-order valence-corrected chi connectivity index (χ4v) is 2.17. The third kappa shape index (κ3) is 1.83. The molecule has 1 heterocycles. The average molecular weight is 273 g/mol. The zero-order chi connectivity index (χ0) is 12.6. The molecule has 17 heavy (non-hydrogen) atoms. The Labute approximate surface area is 108 Å². The minimum absolute atomic E-state index is 0.345. The van der Waals surface area contributed by atoms with Gasteiger partial charge >= 0.3 is 0 Å². The summed E-state index contributed by atoms with van der Waals surface area (Å²) < 4.78 is 10.4. The van der Waals surface area contributed by atoms with Crippen LogP contribution < -0.4 is 15.2 Å². The molecule has 1 aromatic heterocycles. The maximum Gasteiger partial charge on any atom is 0.148 e. The Hall–Kier alpha value is -1.39. The Bertz CT molecular complexity index is 587. The van der Waals surface area contributed by atoms with E-state index < -0.39 is 0 Å². The molecule has 2 rings (SSSR count). The van der Waals surface area contributed by atoms with Crippen LogP contribution in [0.2, 0.25) is 10.0 Å². The Kier molecular flexibility index (Phi) is 3.17. The molecular weight excluding hydrogens is 263 g/mol. The van der Waals surface area contributed by atoms with Crippen molar-refractivity contribution in [3.05, 3.63) is 22.3 Å². The van der Waals surface area contributed by atoms with Crippen LogP contribution in [0.5, 0.6) is 11.5 Å². The van der Waals surface area contributed by atoms with Crippen LogP contribution in [0.4, 0.5) is 5.69 Å². The number of anilines is 1. The van der Waals surface area contributed by atoms with Crippen LogP contribution in [-0.2, 0) is 0 Å². The van der Waals surface area contributed by atoms with Crippen molar-refractivity contribution in [3.8, 4) is 11.5 Å². The van der Waals surface area contributed by atoms with Gasteiger partial charge in [-0.1, -0.05) is 23.2 Å². The van der Waals surface area contributed by atoms with Gasteiger partial charge in [0.2, 0.25) is 0 Å². The van der Waals surface area contributed by atoms with E-state index in [0.29, 0.717) is 38.1 Å². The minimum atomic E-state index is 0.345. The molecule has 0 radical (unpaired) electrons. The van der Waals surface area contributed by atoms with Crippen molar-refractivity contribution in [2.24, 2.45) is 0 Å². The largest absolute Gasteiger partial charge is 0.495 e. The van der Waals surface area contributed by atoms with E-state index in [4.69, 9.17) is 38.4 Å². The van der Waals surface area contributed by atoms with Crippen LogP contribution in [0.1, 0.15) is 0 Å². The van der Waals surface area contributed by atoms with Gasteiger partial charge in [-0.25, -0.2) is 0 Å². The normalized spacial score (nSPS) is 10.6. The predicted octanol–water partition coefficient (Wildman–Crippen LogP) is 3.14. The van der Waals surface area contributed by atoms with Gasteiger partial charge in [0.05, 0.1) is 36.1 Å². The monoisotopic (exact) mass is 272 g/mol. The predicted molar refractivity (Wildman–Crippen MR) is 69.3 cm³/mol. The van der Waals surface area contributed by atoms with Crippen LogP contribution in [-0.4, -0.2) is 19.2 Å². The summed E-state index contributed by atoms with van der Waals surface area (Å²) in [6.45, 7) is 0. The molecule has 2 N–H and O–H groups in total. The van der Waals surface area contributed by atoms with E-state index in [9.17, 15) is 0 Å². The summed E-state index contributed by atoms with van der Waals surface area (Å²) in [6, 6.07) is 1.66. The summed E-state index contributed by atoms with van der Waals surface area (Å²) in [5.74, 6) is 0.994. The number of fused-ring (bicyclic) bond motifs is 1. The number of aromatic nitrogens is 1. The molecule has 0 saturated heterocycles. The molecule has 0 aliphatic carbocycles. The SMILES string of the molecule is COc1cc(OC)c2ncc(N)c(Cl)c2c1Cl. The van der Waals surface area contributed by atoms with Crippen LogP contribution >= 0.6 is 23.2 Å². The standard InChI is InChI=1S/C11H10Cl2N2O2/c1-16-6-3-7(17-2)11-8(10(6)13)9(12)5(14)4-15-11/h3-4H,14H2,1-2H3. The number of ether oxygens (including phenoxy) is 2. The van der Waals surface area contributed by atoms with Gasteiger partial charge < -0.3 is 15.2 Å². The summed E-state index contributed by atoms with van der Waals surface area (Å²) in [7, 11) is 3.05. The van der Waals surface area contributed by atoms with Gasteiger partial charge in [-0.2, -0.15) is 0 Å². The topological polar surface area (TPSA) is 57.4 Å². The first-order valence-electron chi connectivity index (χ1n) is 4.74. The van der Waals surface area contributed by atoms with Crippen LogP contribution in [0.3, 0.4) is 0 Å². The van der Waals surface area contributed by atoms with Gasteiger partial charge in [-0.15, -0.1) is 0 Å². The van der Waals surface area contributed by atoms with Gasteiger partial charge in [-0.05, 0) is 0 Å². The molecule has 6 heteroatoms. The van der Waals surface area contributed by atoms with Crippen molar-refractivity contribution >= 4 is 39.8 Å². The van der Waals surface area contributed by atoms with Crippen LogP contribution in [0, 0.1) is 0 Å². The van der Waals surface area contributed by atoms with Crippen molar-refractivity contribution in [1.82, 2.24) is 4.98 Å². The molecular formula is C11H10Cl2N2O2. The molecule has 0 bridgehead atoms. The van der Waals surface area contributed by atoms with Gasteiger partial charge in [0.15, 0.2) is 0 Å². The minimum Gasteiger partial charge on any atom is -0.495 e. The summed E-state index contributed by atoms with van der Waals surface area (Å²) >= 11 is 12.3. The van der Waals surface area contributed by atoms with Crippen molar-refractivity contribution in [2.45, 2.75) is 0 Å². The molecule has 0 fully saturated rings. The van der Waals surface area contributed by atoms with Crippen LogP contribution in [0.25, 0.3) is 10.9 Å². The molecule has 4 nitrogen and oxygen atoms in total. The van der Waals surface area contributed by atoms with Crippen molar-refractivity contribution < 1.29 is 9.47 Å². The number of hydrogen-bond donors (Lipinski definition) is 1. The summed E-state index contributed by atoms with van der Waals surface area (Å²) in [6.07, 6.45) is 1.47. The maximum absolute atomic E-state index is 6.19. The lowest BCUT2D eigenvalue weighted by Crippen LogP contribution is -1.95. The first-order valence-corrected chi connectivity index (χ1v) is 5.50. The molecule has 2 aromatic rings. The van der Waals surface area contributed by atoms with Crippen LogP contribution in [0.15, 0.2) is 12.3 Å². The molecule has 90 valence electrons. The lowest BCUT2D eigenvalue weighted by molar-refractivity contribution is 0.397. The van der Waals surface area contributed by atoms with E-state index in [-0.39, 0.29) is 0 Å². The smallest absolute Gasteiger partial charge is 0.148 e. The van der Waals surface area contributed by atoms with E-state index in [1.165, 1.54) is 20.4 Å². The quantitative estimate of drug-likeness (QED) is 0.913. The Balaban J connectivity index is 2.95. The number of rotatable bonds is 2. The molecule has 0 aliphatic heterocycles. The van der Waals surface area contributed by atoms with Gasteiger partial charge in [0, 0.05) is 11.5 Å². The molecule has 0 atom stereocenters. The van der Waals surface area contributed by atoms with E-state index in [0.717, 1.165) is 0 Å². The molecule has 0 spiro atoms. The second-order valence-corrected chi connectivity index (χ2v) is 4.10. The third-order valence-electron chi connectivity index (χ3n) is 2.41. The molecule has 1 aromatic carbocycles. The highest BCUT2D eigenvalue weighted by Crippen LogP contribution is 2.42. The number of benzene rings is 1. The Morgan fingerprint density at radius 2 is 1.76 bits per heavy atom. The summed E-state index contributed by atoms with van der Waals surface area (Å²) in [4.78, 5) is 4.17. The summed E-state index contributed by atoms with van der Waals surface area (Å²) in [5, 5.41) is 1.25. The number of hydrogen-bond acceptors (Lipinski definition) is 4. The highest BCUT2D eigenvalue weighted by Gasteiger charge is 2.17. The number of nitrogens with two attached hydrogens (primary N) is 1. The van der Waals surface area contributed by atoms with Gasteiger partial charge in [0.25, 0.3) is 0 Å². The lowest BCUT2D eigenvalue weighted by Gasteiger charge is -2.12. The zero-order valence-corrected chi connectivity index (χ0v) is 10.8. The van der Waals surface area contributed by atoms with Crippen molar-refractivity contribution in [3.63, 3.8) is 0 Å². The first kappa shape index (κ1) is 12.1. The number of halogens is 2. The van der Waals surface area contributed by atoms with Crippen molar-refractivity contribution in [2.75, 3.05) is 20.0 Å². The Morgan fingerprint density at radius 3 is 2.35 bits per heavy atom. The van der Waals surface area contributed by atoms with Gasteiger partial charge in [-0.3, -0.25) is 4.98 Å². The number of pyridine rings is 1. The first-order chi connectivity index (χ1) is 8.10. The third-order valence-corrected chi connectivity index (χ3v) is 3.20. The Morgan fingerprint density at radius 1 is 1.12 bits per heavy atom. The molecule has 0 aliphatic rings. The molecule has 0 unspecified atom stereocenters. The summed E-state index contributed by atoms with van der Waals surface area (Å²) in [5.41, 5.74) is 6.61. The fourth-order valence-electron chi connectivity index (χ4n) is 1.57. The number of methoxy groups -OCH3 is 2. The van der Waals surface area contributed by atoms with Crippen molar-refractivity contribution in [1.29, 1.82) is 0 Å². The molecule has 0 saturated carbocycles. The highest BCUT2D eigenvalue weighted by molar-refractivity contribution is 6.44. The maximum atomic E-state index is 6.19.